The number of allylic oxidation sites excluding steroid dienone is 1. The number of carbonyl (C=O) groups excluding carboxylic acids is 1. The molecule has 1 aliphatic rings. The van der Waals surface area contributed by atoms with E-state index in [1.807, 2.05) is 54.6 Å². The van der Waals surface area contributed by atoms with Gasteiger partial charge in [-0.05, 0) is 54.5 Å². The van der Waals surface area contributed by atoms with E-state index in [9.17, 15) is 14.4 Å². The van der Waals surface area contributed by atoms with Crippen LogP contribution < -0.4 is 25.3 Å². The molecule has 0 amide bonds. The Morgan fingerprint density at radius 3 is 2.56 bits per heavy atom. The summed E-state index contributed by atoms with van der Waals surface area (Å²) in [6, 6.07) is 16.4. The fourth-order valence-electron chi connectivity index (χ4n) is 5.57. The second-order valence-electron chi connectivity index (χ2n) is 9.85. The van der Waals surface area contributed by atoms with Crippen molar-refractivity contribution in [2.75, 3.05) is 13.7 Å². The van der Waals surface area contributed by atoms with E-state index in [1.54, 1.807) is 54.8 Å². The molecule has 6 rings (SSSR count). The van der Waals surface area contributed by atoms with Crippen LogP contribution in [0.4, 0.5) is 0 Å². The van der Waals surface area contributed by atoms with E-state index in [-0.39, 0.29) is 17.9 Å². The molecule has 0 aliphatic carbocycles. The van der Waals surface area contributed by atoms with Gasteiger partial charge in [0.2, 0.25) is 0 Å². The van der Waals surface area contributed by atoms with Crippen LogP contribution >= 0.6 is 11.3 Å². The highest BCUT2D eigenvalue weighted by Gasteiger charge is 2.36. The number of rotatable bonds is 5. The lowest BCUT2D eigenvalue weighted by molar-refractivity contribution is -0.139. The van der Waals surface area contributed by atoms with Crippen molar-refractivity contribution in [2.45, 2.75) is 19.9 Å². The number of fused-ring (bicyclic) bond motifs is 3. The molecule has 41 heavy (non-hydrogen) atoms. The van der Waals surface area contributed by atoms with Crippen LogP contribution in [0.1, 0.15) is 31.0 Å². The molecule has 3 aromatic carbocycles. The second kappa shape index (κ2) is 10.0. The third-order valence-corrected chi connectivity index (χ3v) is 8.52. The number of esters is 1. The van der Waals surface area contributed by atoms with Gasteiger partial charge in [0, 0.05) is 19.7 Å². The average molecular weight is 569 g/mol. The molecule has 0 saturated heterocycles. The van der Waals surface area contributed by atoms with E-state index in [0.717, 1.165) is 27.4 Å². The van der Waals surface area contributed by atoms with E-state index in [2.05, 4.69) is 0 Å². The van der Waals surface area contributed by atoms with Crippen LogP contribution in [0, 0.1) is 0 Å². The molecule has 9 nitrogen and oxygen atoms in total. The number of aromatic nitrogens is 3. The van der Waals surface area contributed by atoms with Gasteiger partial charge in [-0.3, -0.25) is 18.5 Å². The largest absolute Gasteiger partial charge is 0.496 e. The standard InChI is InChI=1S/C31H28N4O5S/c1-6-40-29(37)25-17(2)32-30-35(27(25)26-20-10-8-7-9-19(20)12-14-23(26)39-5)28(36)24(41-30)16-18-11-13-21-22(15-18)34(4)31(38)33(21)3/h7-16,27H,6H2,1-5H3/b24-16+/t27-/m1/s1. The fraction of sp³-hybridized carbons (Fsp3) is 0.226. The molecule has 2 aromatic heterocycles. The lowest BCUT2D eigenvalue weighted by Crippen LogP contribution is -2.40. The quantitative estimate of drug-likeness (QED) is 0.304. The van der Waals surface area contributed by atoms with Crippen molar-refractivity contribution in [1.29, 1.82) is 0 Å². The molecule has 0 N–H and O–H groups in total. The zero-order valence-electron chi connectivity index (χ0n) is 23.3. The van der Waals surface area contributed by atoms with Gasteiger partial charge < -0.3 is 9.47 Å². The van der Waals surface area contributed by atoms with Crippen molar-refractivity contribution in [2.24, 2.45) is 19.1 Å². The van der Waals surface area contributed by atoms with E-state index in [4.69, 9.17) is 14.5 Å². The van der Waals surface area contributed by atoms with Crippen LogP contribution in [0.2, 0.25) is 0 Å². The highest BCUT2D eigenvalue weighted by molar-refractivity contribution is 7.07. The van der Waals surface area contributed by atoms with Gasteiger partial charge in [0.15, 0.2) is 4.80 Å². The molecular weight excluding hydrogens is 540 g/mol. The SMILES string of the molecule is CCOC(=O)C1=C(C)N=c2s/c(=C/c3ccc4c(c3)n(C)c(=O)n4C)c(=O)n2[C@H]1c1c(OC)ccc2ccccc12. The Hall–Kier alpha value is -4.70. The third kappa shape index (κ3) is 4.13. The first kappa shape index (κ1) is 26.5. The van der Waals surface area contributed by atoms with E-state index in [0.29, 0.717) is 31.9 Å². The van der Waals surface area contributed by atoms with E-state index >= 15 is 0 Å². The van der Waals surface area contributed by atoms with Crippen LogP contribution in [0.5, 0.6) is 5.75 Å². The molecule has 0 fully saturated rings. The van der Waals surface area contributed by atoms with Crippen molar-refractivity contribution in [3.8, 4) is 5.75 Å². The monoisotopic (exact) mass is 568 g/mol. The molecular formula is C31H28N4O5S. The van der Waals surface area contributed by atoms with Gasteiger partial charge in [-0.2, -0.15) is 0 Å². The number of imidazole rings is 1. The number of ether oxygens (including phenoxy) is 2. The van der Waals surface area contributed by atoms with Crippen LogP contribution in [-0.4, -0.2) is 33.4 Å². The zero-order valence-corrected chi connectivity index (χ0v) is 24.1. The van der Waals surface area contributed by atoms with Crippen LogP contribution in [0.3, 0.4) is 0 Å². The number of hydrogen-bond acceptors (Lipinski definition) is 7. The lowest BCUT2D eigenvalue weighted by Gasteiger charge is -2.27. The van der Waals surface area contributed by atoms with Crippen molar-refractivity contribution >= 4 is 45.2 Å². The number of methoxy groups -OCH3 is 1. The van der Waals surface area contributed by atoms with Crippen molar-refractivity contribution in [1.82, 2.24) is 13.7 Å². The maximum Gasteiger partial charge on any atom is 0.338 e. The summed E-state index contributed by atoms with van der Waals surface area (Å²) in [7, 11) is 5.03. The topological polar surface area (TPSA) is 96.8 Å². The fourth-order valence-corrected chi connectivity index (χ4v) is 6.61. The zero-order chi connectivity index (χ0) is 29.0. The Balaban J connectivity index is 1.64. The molecule has 0 unspecified atom stereocenters. The predicted octanol–water partition coefficient (Wildman–Crippen LogP) is 3.15. The summed E-state index contributed by atoms with van der Waals surface area (Å²) in [5.74, 6) is 0.0219. The average Bonchev–Trinajstić information content (AvgIpc) is 3.38. The highest BCUT2D eigenvalue weighted by atomic mass is 32.1. The first-order valence-electron chi connectivity index (χ1n) is 13.2. The predicted molar refractivity (Wildman–Crippen MR) is 159 cm³/mol. The lowest BCUT2D eigenvalue weighted by atomic mass is 9.90. The maximum atomic E-state index is 14.2. The molecule has 0 bridgehead atoms. The summed E-state index contributed by atoms with van der Waals surface area (Å²) in [6.07, 6.45) is 1.79. The van der Waals surface area contributed by atoms with Gasteiger partial charge >= 0.3 is 11.7 Å². The minimum atomic E-state index is -0.814. The molecule has 3 heterocycles. The van der Waals surface area contributed by atoms with Gasteiger partial charge in [0.05, 0.1) is 40.6 Å². The van der Waals surface area contributed by atoms with Crippen molar-refractivity contribution in [3.05, 3.63) is 107 Å². The second-order valence-corrected chi connectivity index (χ2v) is 10.9. The van der Waals surface area contributed by atoms with Gasteiger partial charge in [-0.15, -0.1) is 0 Å². The summed E-state index contributed by atoms with van der Waals surface area (Å²) in [5.41, 5.74) is 3.39. The number of benzene rings is 3. The first-order chi connectivity index (χ1) is 19.7. The molecule has 1 atom stereocenters. The molecule has 0 spiro atoms. The minimum Gasteiger partial charge on any atom is -0.496 e. The Morgan fingerprint density at radius 1 is 1.05 bits per heavy atom. The molecule has 208 valence electrons. The maximum absolute atomic E-state index is 14.2. The number of carbonyl (C=O) groups is 1. The smallest absolute Gasteiger partial charge is 0.338 e. The first-order valence-corrected chi connectivity index (χ1v) is 14.0. The Kier molecular flexibility index (Phi) is 6.50. The molecule has 0 radical (unpaired) electrons. The Bertz CT molecular complexity index is 2160. The van der Waals surface area contributed by atoms with E-state index in [1.165, 1.54) is 11.3 Å². The molecule has 5 aromatic rings. The van der Waals surface area contributed by atoms with Gasteiger partial charge in [0.1, 0.15) is 11.8 Å². The van der Waals surface area contributed by atoms with Crippen LogP contribution in [0.15, 0.2) is 80.4 Å². The molecule has 0 saturated carbocycles. The number of hydrogen-bond donors (Lipinski definition) is 0. The van der Waals surface area contributed by atoms with Crippen LogP contribution in [0.25, 0.3) is 27.9 Å². The highest BCUT2D eigenvalue weighted by Crippen LogP contribution is 2.40. The Morgan fingerprint density at radius 2 is 1.80 bits per heavy atom. The molecule has 10 heteroatoms. The van der Waals surface area contributed by atoms with Crippen molar-refractivity contribution < 1.29 is 14.3 Å². The molecule has 1 aliphatic heterocycles. The minimum absolute atomic E-state index is 0.123. The summed E-state index contributed by atoms with van der Waals surface area (Å²) in [4.78, 5) is 45.2. The Labute approximate surface area is 238 Å². The summed E-state index contributed by atoms with van der Waals surface area (Å²) >= 11 is 1.25. The summed E-state index contributed by atoms with van der Waals surface area (Å²) < 4.78 is 16.4. The number of nitrogens with zero attached hydrogens (tertiary/aromatic N) is 4. The van der Waals surface area contributed by atoms with Gasteiger partial charge in [0.25, 0.3) is 5.56 Å². The van der Waals surface area contributed by atoms with Gasteiger partial charge in [-0.25, -0.2) is 14.6 Å². The van der Waals surface area contributed by atoms with E-state index < -0.39 is 12.0 Å². The van der Waals surface area contributed by atoms with Gasteiger partial charge in [-0.1, -0.05) is 47.7 Å². The summed E-state index contributed by atoms with van der Waals surface area (Å²) in [5, 5.41) is 1.81. The third-order valence-electron chi connectivity index (χ3n) is 7.53. The number of thiazole rings is 1. The number of aryl methyl sites for hydroxylation is 2. The van der Waals surface area contributed by atoms with Crippen molar-refractivity contribution in [3.63, 3.8) is 0 Å². The summed E-state index contributed by atoms with van der Waals surface area (Å²) in [6.45, 7) is 3.69. The normalized spacial score (nSPS) is 15.3. The van der Waals surface area contributed by atoms with Crippen LogP contribution in [-0.2, 0) is 23.6 Å².